The molecule has 12 nitrogen and oxygen atoms in total. The Balaban J connectivity index is -0.000000460. The maximum Gasteiger partial charge on any atom is 0.472 e. The molecule has 0 saturated carbocycles. The predicted octanol–water partition coefficient (Wildman–Crippen LogP) is 1.01. The number of phosphoric ester groups is 2. The fourth-order valence-electron chi connectivity index (χ4n) is 1.16. The van der Waals surface area contributed by atoms with Crippen LogP contribution < -0.4 is 9.79 Å². The number of aliphatic hydroxyl groups is 1. The molecule has 4 unspecified atom stereocenters. The summed E-state index contributed by atoms with van der Waals surface area (Å²) in [5.41, 5.74) is 0. The molecule has 0 bridgehead atoms. The Morgan fingerprint density at radius 3 is 1.89 bits per heavy atom. The van der Waals surface area contributed by atoms with Gasteiger partial charge in [-0.15, -0.1) is 0 Å². The standard InChI is InChI=1S/C7H17O3P.C5H14O9P2.Y/c1-3-5-6-7-10-11(8,9)4-2;1-11-15(7,8)13-3-5(6)4-14-16(9,10)12-2;/h3-7H2,1-2H3,(H,8,9);5-6H,3-4H2,1-2H3,(H,7,8)(H,9,10);/p-2. The molecule has 0 aromatic rings. The van der Waals surface area contributed by atoms with Crippen molar-refractivity contribution in [3.05, 3.63) is 0 Å². The molecule has 1 radical (unpaired) electrons. The van der Waals surface area contributed by atoms with Crippen LogP contribution in [0.15, 0.2) is 0 Å². The van der Waals surface area contributed by atoms with Gasteiger partial charge in [0, 0.05) is 53.1 Å². The summed E-state index contributed by atoms with van der Waals surface area (Å²) in [5.74, 6) is 0. The first kappa shape index (κ1) is 34.1. The Hall–Kier alpha value is 1.43. The second kappa shape index (κ2) is 18.0. The Kier molecular flexibility index (Phi) is 22.0. The molecule has 0 aliphatic rings. The Labute approximate surface area is 190 Å². The molecule has 169 valence electrons. The first-order valence-corrected chi connectivity index (χ1v) is 12.7. The molecule has 0 saturated heterocycles. The van der Waals surface area contributed by atoms with Crippen LogP contribution in [-0.4, -0.2) is 56.3 Å². The van der Waals surface area contributed by atoms with Gasteiger partial charge in [-0.1, -0.05) is 26.7 Å². The Morgan fingerprint density at radius 2 is 1.46 bits per heavy atom. The Morgan fingerprint density at radius 1 is 0.929 bits per heavy atom. The molecule has 16 heteroatoms. The molecule has 2 N–H and O–H groups in total. The van der Waals surface area contributed by atoms with Gasteiger partial charge in [0.25, 0.3) is 7.82 Å². The molecule has 0 heterocycles. The summed E-state index contributed by atoms with van der Waals surface area (Å²) in [6.45, 7) is 2.73. The van der Waals surface area contributed by atoms with E-state index in [-0.39, 0.29) is 38.9 Å². The van der Waals surface area contributed by atoms with E-state index >= 15 is 0 Å². The van der Waals surface area contributed by atoms with E-state index < -0.39 is 42.6 Å². The molecule has 0 aliphatic carbocycles. The summed E-state index contributed by atoms with van der Waals surface area (Å²) in [6, 6.07) is 0. The monoisotopic (exact) mass is 547 g/mol. The predicted molar refractivity (Wildman–Crippen MR) is 93.0 cm³/mol. The van der Waals surface area contributed by atoms with Crippen LogP contribution >= 0.6 is 23.2 Å². The molecule has 0 fully saturated rings. The average Bonchev–Trinajstić information content (AvgIpc) is 2.62. The smallest absolute Gasteiger partial charge is 0.472 e. The molecule has 0 amide bonds. The van der Waals surface area contributed by atoms with Crippen molar-refractivity contribution >= 4 is 23.2 Å². The first-order chi connectivity index (χ1) is 12.3. The van der Waals surface area contributed by atoms with Crippen molar-refractivity contribution in [2.24, 2.45) is 0 Å². The van der Waals surface area contributed by atoms with Crippen molar-refractivity contribution in [1.82, 2.24) is 0 Å². The van der Waals surface area contributed by atoms with Gasteiger partial charge in [-0.2, -0.15) is 0 Å². The van der Waals surface area contributed by atoms with Gasteiger partial charge in [0.15, 0.2) is 0 Å². The van der Waals surface area contributed by atoms with Gasteiger partial charge < -0.3 is 37.9 Å². The summed E-state index contributed by atoms with van der Waals surface area (Å²) in [6.07, 6.45) is 1.64. The maximum absolute atomic E-state index is 10.8. The van der Waals surface area contributed by atoms with Crippen LogP contribution in [0.4, 0.5) is 0 Å². The summed E-state index contributed by atoms with van der Waals surface area (Å²) < 4.78 is 53.3. The third-order valence-electron chi connectivity index (χ3n) is 2.73. The number of hydrogen-bond acceptors (Lipinski definition) is 11. The zero-order chi connectivity index (χ0) is 21.6. The van der Waals surface area contributed by atoms with Gasteiger partial charge in [0.1, 0.15) is 13.7 Å². The van der Waals surface area contributed by atoms with E-state index in [9.17, 15) is 23.5 Å². The number of aliphatic hydroxyl groups excluding tert-OH is 1. The average molecular weight is 547 g/mol. The zero-order valence-electron chi connectivity index (χ0n) is 16.4. The molecular formula is C12H29O12P3Y-2. The van der Waals surface area contributed by atoms with Crippen molar-refractivity contribution < 1.29 is 88.8 Å². The van der Waals surface area contributed by atoms with Crippen LogP contribution in [0.1, 0.15) is 33.1 Å². The normalized spacial score (nSPS) is 18.4. The second-order valence-corrected chi connectivity index (χ2v) is 10.2. The largest absolute Gasteiger partial charge is 0.779 e. The van der Waals surface area contributed by atoms with Gasteiger partial charge in [0.2, 0.25) is 0 Å². The van der Waals surface area contributed by atoms with Crippen LogP contribution in [-0.2, 0) is 69.0 Å². The first-order valence-electron chi connectivity index (χ1n) is 8.01. The van der Waals surface area contributed by atoms with Crippen molar-refractivity contribution in [2.75, 3.05) is 40.2 Å². The van der Waals surface area contributed by atoms with E-state index in [0.717, 1.165) is 33.5 Å². The van der Waals surface area contributed by atoms with Gasteiger partial charge in [-0.05, 0) is 6.42 Å². The fourth-order valence-corrected chi connectivity index (χ4v) is 2.67. The minimum atomic E-state index is -4.43. The van der Waals surface area contributed by atoms with Crippen molar-refractivity contribution in [1.29, 1.82) is 0 Å². The van der Waals surface area contributed by atoms with Gasteiger partial charge >= 0.3 is 7.82 Å². The number of rotatable bonds is 14. The number of phosphoric acid groups is 2. The molecule has 4 atom stereocenters. The van der Waals surface area contributed by atoms with Crippen LogP contribution in [0.5, 0.6) is 0 Å². The topological polar surface area (TPSA) is 184 Å². The summed E-state index contributed by atoms with van der Waals surface area (Å²) >= 11 is 0. The molecule has 28 heavy (non-hydrogen) atoms. The van der Waals surface area contributed by atoms with Gasteiger partial charge in [0.05, 0.1) is 19.8 Å². The van der Waals surface area contributed by atoms with E-state index in [2.05, 4.69) is 29.5 Å². The summed E-state index contributed by atoms with van der Waals surface area (Å²) in [5, 5.41) is 9.11. The summed E-state index contributed by atoms with van der Waals surface area (Å²) in [4.78, 5) is 30.2. The molecule has 0 aromatic carbocycles. The zero-order valence-corrected chi connectivity index (χ0v) is 21.9. The Bertz CT molecular complexity index is 492. The van der Waals surface area contributed by atoms with Crippen LogP contribution in [0.25, 0.3) is 0 Å². The van der Waals surface area contributed by atoms with E-state index in [1.807, 2.05) is 0 Å². The quantitative estimate of drug-likeness (QED) is 0.233. The van der Waals surface area contributed by atoms with Crippen LogP contribution in [0.3, 0.4) is 0 Å². The third kappa shape index (κ3) is 22.1. The molecule has 0 spiro atoms. The molecule has 0 aliphatic heterocycles. The molecular weight excluding hydrogens is 518 g/mol. The SMILES string of the molecule is CCCCCOP(=O)([O-])CC.COP(=O)([O-])OCC(O)COP(=O)(O)OC.[Y]. The van der Waals surface area contributed by atoms with Crippen molar-refractivity contribution in [3.8, 4) is 0 Å². The van der Waals surface area contributed by atoms with E-state index in [0.29, 0.717) is 6.61 Å². The van der Waals surface area contributed by atoms with E-state index in [4.69, 9.17) is 10.00 Å². The minimum Gasteiger partial charge on any atom is -0.779 e. The fraction of sp³-hybridized carbons (Fsp3) is 1.00. The molecule has 0 aromatic heterocycles. The summed E-state index contributed by atoms with van der Waals surface area (Å²) in [7, 11) is -10.2. The van der Waals surface area contributed by atoms with Crippen LogP contribution in [0, 0.1) is 0 Å². The van der Waals surface area contributed by atoms with Crippen molar-refractivity contribution in [2.45, 2.75) is 39.2 Å². The maximum atomic E-state index is 10.8. The minimum absolute atomic E-state index is 0. The van der Waals surface area contributed by atoms with Gasteiger partial charge in [-0.25, -0.2) is 4.57 Å². The van der Waals surface area contributed by atoms with E-state index in [1.54, 1.807) is 6.92 Å². The van der Waals surface area contributed by atoms with Crippen molar-refractivity contribution in [3.63, 3.8) is 0 Å². The number of unbranched alkanes of at least 4 members (excludes halogenated alkanes) is 2. The number of hydrogen-bond donors (Lipinski definition) is 2. The van der Waals surface area contributed by atoms with E-state index in [1.165, 1.54) is 0 Å². The third-order valence-corrected chi connectivity index (χ3v) is 5.93. The van der Waals surface area contributed by atoms with Gasteiger partial charge in [-0.3, -0.25) is 13.6 Å². The second-order valence-electron chi connectivity index (χ2n) is 4.99. The van der Waals surface area contributed by atoms with Crippen LogP contribution in [0.2, 0.25) is 0 Å². The molecule has 0 rings (SSSR count).